The van der Waals surface area contributed by atoms with Gasteiger partial charge in [0.15, 0.2) is 5.65 Å². The molecule has 4 heterocycles. The Labute approximate surface area is 176 Å². The smallest absolute Gasteiger partial charge is 0.244 e. The quantitative estimate of drug-likeness (QED) is 0.770. The van der Waals surface area contributed by atoms with Gasteiger partial charge in [-0.25, -0.2) is 4.98 Å². The molecule has 0 aromatic carbocycles. The number of piperazine rings is 1. The summed E-state index contributed by atoms with van der Waals surface area (Å²) in [4.78, 5) is 21.7. The molecule has 2 aromatic heterocycles. The topological polar surface area (TPSA) is 86.4 Å². The molecule has 1 aliphatic carbocycles. The lowest BCUT2D eigenvalue weighted by atomic mass is 10.1. The highest BCUT2D eigenvalue weighted by atomic mass is 35.5. The molecule has 5 rings (SSSR count). The van der Waals surface area contributed by atoms with Crippen molar-refractivity contribution in [3.8, 4) is 5.88 Å². The minimum Gasteiger partial charge on any atom is -0.479 e. The summed E-state index contributed by atoms with van der Waals surface area (Å²) >= 11 is 0. The summed E-state index contributed by atoms with van der Waals surface area (Å²) in [5, 5.41) is 11.7. The molecule has 2 N–H and O–H groups in total. The summed E-state index contributed by atoms with van der Waals surface area (Å²) in [7, 11) is 1.65. The van der Waals surface area contributed by atoms with Crippen LogP contribution in [0.5, 0.6) is 5.88 Å². The summed E-state index contributed by atoms with van der Waals surface area (Å²) in [5.41, 5.74) is 3.26. The lowest BCUT2D eigenvalue weighted by molar-refractivity contribution is -0.131. The Morgan fingerprint density at radius 2 is 2.03 bits per heavy atom. The van der Waals surface area contributed by atoms with Crippen LogP contribution in [-0.4, -0.2) is 71.9 Å². The summed E-state index contributed by atoms with van der Waals surface area (Å²) in [6.45, 7) is 4.23. The molecule has 3 aliphatic rings. The van der Waals surface area contributed by atoms with Gasteiger partial charge in [0.05, 0.1) is 12.8 Å². The molecule has 1 saturated carbocycles. The fraction of sp³-hybridized carbons (Fsp3) is 0.650. The Morgan fingerprint density at radius 3 is 2.69 bits per heavy atom. The molecule has 0 bridgehead atoms. The zero-order valence-corrected chi connectivity index (χ0v) is 17.6. The van der Waals surface area contributed by atoms with Crippen LogP contribution in [0.15, 0.2) is 6.20 Å². The largest absolute Gasteiger partial charge is 0.479 e. The van der Waals surface area contributed by atoms with E-state index in [9.17, 15) is 4.79 Å². The monoisotopic (exact) mass is 420 g/mol. The molecule has 0 radical (unpaired) electrons. The fourth-order valence-electron chi connectivity index (χ4n) is 4.60. The number of ether oxygens (including phenoxy) is 1. The van der Waals surface area contributed by atoms with Gasteiger partial charge in [-0.1, -0.05) is 0 Å². The molecule has 3 fully saturated rings. The van der Waals surface area contributed by atoms with Crippen LogP contribution in [0.3, 0.4) is 0 Å². The van der Waals surface area contributed by atoms with Crippen LogP contribution in [0.4, 0.5) is 5.69 Å². The second kappa shape index (κ2) is 8.36. The van der Waals surface area contributed by atoms with E-state index in [1.54, 1.807) is 7.11 Å². The number of aromatic amines is 1. The Hall–Kier alpha value is -2.06. The Bertz CT molecular complexity index is 869. The molecule has 9 heteroatoms. The van der Waals surface area contributed by atoms with E-state index in [4.69, 9.17) is 4.74 Å². The molecule has 1 atom stereocenters. The molecule has 1 unspecified atom stereocenters. The van der Waals surface area contributed by atoms with Crippen LogP contribution < -0.4 is 15.0 Å². The van der Waals surface area contributed by atoms with Crippen LogP contribution >= 0.6 is 12.4 Å². The zero-order valence-electron chi connectivity index (χ0n) is 16.8. The third-order valence-corrected chi connectivity index (χ3v) is 6.30. The number of H-pyrrole nitrogens is 1. The molecule has 1 amide bonds. The van der Waals surface area contributed by atoms with Gasteiger partial charge in [-0.3, -0.25) is 9.89 Å². The Kier molecular flexibility index (Phi) is 5.83. The van der Waals surface area contributed by atoms with Crippen LogP contribution in [0.25, 0.3) is 11.0 Å². The lowest BCUT2D eigenvalue weighted by Gasteiger charge is -2.37. The number of nitrogens with zero attached hydrogens (tertiary/aromatic N) is 4. The zero-order chi connectivity index (χ0) is 19.1. The number of rotatable bonds is 5. The first-order valence-corrected chi connectivity index (χ1v) is 10.4. The number of carbonyl (C=O) groups excluding carboxylic acids is 1. The van der Waals surface area contributed by atoms with Gasteiger partial charge in [0.25, 0.3) is 0 Å². The minimum atomic E-state index is 0. The van der Waals surface area contributed by atoms with E-state index in [1.165, 1.54) is 30.5 Å². The maximum Gasteiger partial charge on any atom is 0.244 e. The van der Waals surface area contributed by atoms with Gasteiger partial charge in [-0.15, -0.1) is 17.5 Å². The molecule has 29 heavy (non-hydrogen) atoms. The predicted octanol–water partition coefficient (Wildman–Crippen LogP) is 2.06. The number of aromatic nitrogens is 3. The maximum atomic E-state index is 12.7. The predicted molar refractivity (Wildman–Crippen MR) is 114 cm³/mol. The van der Waals surface area contributed by atoms with Crippen LogP contribution in [0.2, 0.25) is 0 Å². The number of carbonyl (C=O) groups is 1. The highest BCUT2D eigenvalue weighted by molar-refractivity contribution is 5.96. The molecule has 2 aliphatic heterocycles. The molecule has 0 spiro atoms. The van der Waals surface area contributed by atoms with E-state index in [0.717, 1.165) is 50.2 Å². The van der Waals surface area contributed by atoms with E-state index in [2.05, 4.69) is 25.4 Å². The van der Waals surface area contributed by atoms with E-state index in [0.29, 0.717) is 24.3 Å². The third-order valence-electron chi connectivity index (χ3n) is 6.30. The summed E-state index contributed by atoms with van der Waals surface area (Å²) in [6, 6.07) is 0.363. The number of fused-ring (bicyclic) bond motifs is 1. The second-order valence-corrected chi connectivity index (χ2v) is 8.16. The van der Waals surface area contributed by atoms with Gasteiger partial charge in [0, 0.05) is 44.8 Å². The SMILES string of the molecule is COc1n[nH]c2ncc(C3CC3)c(N3CCN(C(=O)CC4CCCN4)CC3)c12.Cl. The van der Waals surface area contributed by atoms with E-state index < -0.39 is 0 Å². The van der Waals surface area contributed by atoms with Crippen molar-refractivity contribution in [3.63, 3.8) is 0 Å². The normalized spacial score (nSPS) is 22.0. The molecule has 158 valence electrons. The van der Waals surface area contributed by atoms with Crippen molar-refractivity contribution in [3.05, 3.63) is 11.8 Å². The number of hydrogen-bond acceptors (Lipinski definition) is 6. The van der Waals surface area contributed by atoms with Crippen LogP contribution in [-0.2, 0) is 4.79 Å². The van der Waals surface area contributed by atoms with Gasteiger partial charge in [0.1, 0.15) is 5.39 Å². The van der Waals surface area contributed by atoms with Gasteiger partial charge in [0.2, 0.25) is 11.8 Å². The molecule has 2 aromatic rings. The number of amides is 1. The first-order chi connectivity index (χ1) is 13.7. The van der Waals surface area contributed by atoms with Gasteiger partial charge < -0.3 is 19.9 Å². The van der Waals surface area contributed by atoms with Gasteiger partial charge in [-0.05, 0) is 43.7 Å². The number of methoxy groups -OCH3 is 1. The van der Waals surface area contributed by atoms with Crippen molar-refractivity contribution in [2.45, 2.75) is 44.1 Å². The molecular formula is C20H29ClN6O2. The Morgan fingerprint density at radius 1 is 1.24 bits per heavy atom. The van der Waals surface area contributed by atoms with Gasteiger partial charge >= 0.3 is 0 Å². The minimum absolute atomic E-state index is 0. The third kappa shape index (κ3) is 3.88. The van der Waals surface area contributed by atoms with Crippen LogP contribution in [0, 0.1) is 0 Å². The van der Waals surface area contributed by atoms with E-state index in [1.807, 2.05) is 11.1 Å². The Balaban J connectivity index is 0.00000205. The van der Waals surface area contributed by atoms with Crippen molar-refractivity contribution in [1.82, 2.24) is 25.4 Å². The number of pyridine rings is 1. The summed E-state index contributed by atoms with van der Waals surface area (Å²) in [6.07, 6.45) is 7.35. The average molecular weight is 421 g/mol. The summed E-state index contributed by atoms with van der Waals surface area (Å²) in [5.74, 6) is 1.47. The fourth-order valence-corrected chi connectivity index (χ4v) is 4.60. The standard InChI is InChI=1S/C20H28N6O2.ClH/c1-28-20-17-18(15(13-4-5-13)12-22-19(17)23-24-20)26-9-7-25(8-10-26)16(27)11-14-3-2-6-21-14;/h12-14,21H,2-11H2,1H3,(H,22,23,24);1H. The summed E-state index contributed by atoms with van der Waals surface area (Å²) < 4.78 is 5.51. The van der Waals surface area contributed by atoms with Crippen molar-refractivity contribution in [2.24, 2.45) is 0 Å². The number of hydrogen-bond donors (Lipinski definition) is 2. The van der Waals surface area contributed by atoms with Crippen molar-refractivity contribution >= 4 is 35.0 Å². The number of anilines is 1. The van der Waals surface area contributed by atoms with Gasteiger partial charge in [-0.2, -0.15) is 0 Å². The van der Waals surface area contributed by atoms with Crippen LogP contribution in [0.1, 0.15) is 43.6 Å². The van der Waals surface area contributed by atoms with E-state index >= 15 is 0 Å². The number of nitrogens with one attached hydrogen (secondary N) is 2. The second-order valence-electron chi connectivity index (χ2n) is 8.16. The highest BCUT2D eigenvalue weighted by Crippen LogP contribution is 2.47. The first kappa shape index (κ1) is 20.2. The van der Waals surface area contributed by atoms with Crippen molar-refractivity contribution < 1.29 is 9.53 Å². The van der Waals surface area contributed by atoms with Crippen molar-refractivity contribution in [2.75, 3.05) is 44.7 Å². The average Bonchev–Trinajstić information content (AvgIpc) is 3.28. The molecular weight excluding hydrogens is 392 g/mol. The number of halogens is 1. The lowest BCUT2D eigenvalue weighted by Crippen LogP contribution is -2.50. The van der Waals surface area contributed by atoms with E-state index in [-0.39, 0.29) is 18.3 Å². The highest BCUT2D eigenvalue weighted by Gasteiger charge is 2.33. The molecule has 2 saturated heterocycles. The first-order valence-electron chi connectivity index (χ1n) is 10.4. The maximum absolute atomic E-state index is 12.7. The molecule has 8 nitrogen and oxygen atoms in total. The van der Waals surface area contributed by atoms with Crippen molar-refractivity contribution in [1.29, 1.82) is 0 Å².